The second kappa shape index (κ2) is 12.2. The van der Waals surface area contributed by atoms with Crippen molar-refractivity contribution in [1.82, 2.24) is 15.5 Å². The van der Waals surface area contributed by atoms with Gasteiger partial charge in [-0.25, -0.2) is 0 Å². The van der Waals surface area contributed by atoms with E-state index in [1.165, 1.54) is 24.3 Å². The van der Waals surface area contributed by atoms with Gasteiger partial charge in [0.1, 0.15) is 0 Å². The van der Waals surface area contributed by atoms with E-state index in [4.69, 9.17) is 4.99 Å². The molecule has 1 aromatic rings. The molecule has 0 aromatic carbocycles. The molecule has 1 aliphatic heterocycles. The van der Waals surface area contributed by atoms with E-state index < -0.39 is 0 Å². The fraction of sp³-hybridized carbons (Fsp3) is 0.750. The second-order valence-corrected chi connectivity index (χ2v) is 8.72. The number of nitrogens with zero attached hydrogens (tertiary/aromatic N) is 2. The van der Waals surface area contributed by atoms with Gasteiger partial charge in [-0.05, 0) is 69.4 Å². The van der Waals surface area contributed by atoms with E-state index in [1.54, 1.807) is 0 Å². The molecule has 154 valence electrons. The van der Waals surface area contributed by atoms with Crippen LogP contribution in [0.3, 0.4) is 0 Å². The van der Waals surface area contributed by atoms with Crippen LogP contribution in [0.1, 0.15) is 50.3 Å². The quantitative estimate of drug-likeness (QED) is 0.315. The second-order valence-electron chi connectivity index (χ2n) is 7.69. The Kier molecular flexibility index (Phi) is 10.4. The Morgan fingerprint density at radius 2 is 2.11 bits per heavy atom. The number of thiophene rings is 1. The SMILES string of the molecule is CCNC(=NCC1CCCN(Cc2cccs2)C1)NC1CCC(O)CC1.I. The minimum atomic E-state index is -0.107. The van der Waals surface area contributed by atoms with Crippen molar-refractivity contribution in [3.05, 3.63) is 22.4 Å². The first-order valence-corrected chi connectivity index (χ1v) is 11.1. The maximum atomic E-state index is 9.68. The van der Waals surface area contributed by atoms with Crippen LogP contribution in [0.5, 0.6) is 0 Å². The van der Waals surface area contributed by atoms with Crippen LogP contribution in [-0.2, 0) is 6.54 Å². The van der Waals surface area contributed by atoms with Crippen molar-refractivity contribution in [1.29, 1.82) is 0 Å². The highest BCUT2D eigenvalue weighted by molar-refractivity contribution is 14.0. The molecule has 1 atom stereocenters. The van der Waals surface area contributed by atoms with Gasteiger partial charge >= 0.3 is 0 Å². The third-order valence-electron chi connectivity index (χ3n) is 5.45. The van der Waals surface area contributed by atoms with Gasteiger partial charge in [0.2, 0.25) is 0 Å². The molecule has 3 rings (SSSR count). The molecule has 27 heavy (non-hydrogen) atoms. The lowest BCUT2D eigenvalue weighted by Gasteiger charge is -2.32. The summed E-state index contributed by atoms with van der Waals surface area (Å²) in [6.45, 7) is 7.34. The van der Waals surface area contributed by atoms with E-state index in [1.807, 2.05) is 11.3 Å². The summed E-state index contributed by atoms with van der Waals surface area (Å²) in [5.74, 6) is 1.59. The van der Waals surface area contributed by atoms with Crippen LogP contribution in [-0.4, -0.2) is 54.3 Å². The first kappa shape index (κ1) is 22.9. The number of hydrogen-bond donors (Lipinski definition) is 3. The zero-order chi connectivity index (χ0) is 18.2. The Labute approximate surface area is 185 Å². The molecule has 0 bridgehead atoms. The van der Waals surface area contributed by atoms with Crippen molar-refractivity contribution in [2.24, 2.45) is 10.9 Å². The van der Waals surface area contributed by atoms with E-state index in [2.05, 4.69) is 40.0 Å². The van der Waals surface area contributed by atoms with Crippen molar-refractivity contribution in [3.63, 3.8) is 0 Å². The molecule has 0 spiro atoms. The minimum Gasteiger partial charge on any atom is -0.393 e. The van der Waals surface area contributed by atoms with Crippen molar-refractivity contribution in [3.8, 4) is 0 Å². The first-order chi connectivity index (χ1) is 12.7. The first-order valence-electron chi connectivity index (χ1n) is 10.2. The van der Waals surface area contributed by atoms with E-state index in [-0.39, 0.29) is 30.1 Å². The topological polar surface area (TPSA) is 59.9 Å². The van der Waals surface area contributed by atoms with Crippen LogP contribution in [0, 0.1) is 5.92 Å². The molecule has 1 saturated carbocycles. The summed E-state index contributed by atoms with van der Waals surface area (Å²) in [5, 5.41) is 18.8. The van der Waals surface area contributed by atoms with Gasteiger partial charge in [-0.1, -0.05) is 6.07 Å². The number of aliphatic hydroxyl groups excluding tert-OH is 1. The van der Waals surface area contributed by atoms with Crippen LogP contribution < -0.4 is 10.6 Å². The lowest BCUT2D eigenvalue weighted by molar-refractivity contribution is 0.120. The molecule has 0 amide bonds. The van der Waals surface area contributed by atoms with Crippen molar-refractivity contribution in [2.45, 2.75) is 64.1 Å². The Morgan fingerprint density at radius 3 is 2.81 bits per heavy atom. The summed E-state index contributed by atoms with van der Waals surface area (Å²) in [6, 6.07) is 4.82. The molecule has 7 heteroatoms. The molecule has 1 saturated heterocycles. The number of nitrogens with one attached hydrogen (secondary N) is 2. The van der Waals surface area contributed by atoms with Crippen molar-refractivity contribution < 1.29 is 5.11 Å². The third-order valence-corrected chi connectivity index (χ3v) is 6.31. The molecule has 1 aliphatic carbocycles. The van der Waals surface area contributed by atoms with Gasteiger partial charge in [0, 0.05) is 37.1 Å². The molecule has 2 fully saturated rings. The Bertz CT molecular complexity index is 546. The standard InChI is InChI=1S/C20H34N4OS.HI/c1-2-21-20(23-17-7-9-18(25)10-8-17)22-13-16-5-3-11-24(14-16)15-19-6-4-12-26-19;/h4,6,12,16-18,25H,2-3,5,7-11,13-15H2,1H3,(H2,21,22,23);1H. The minimum absolute atomic E-state index is 0. The summed E-state index contributed by atoms with van der Waals surface area (Å²) in [6.07, 6.45) is 6.31. The number of aliphatic imine (C=N–C) groups is 1. The number of aliphatic hydroxyl groups is 1. The number of hydrogen-bond acceptors (Lipinski definition) is 4. The van der Waals surface area contributed by atoms with Gasteiger partial charge < -0.3 is 15.7 Å². The van der Waals surface area contributed by atoms with Crippen molar-refractivity contribution >= 4 is 41.3 Å². The fourth-order valence-electron chi connectivity index (χ4n) is 4.02. The van der Waals surface area contributed by atoms with Gasteiger partial charge in [-0.3, -0.25) is 9.89 Å². The van der Waals surface area contributed by atoms with Gasteiger partial charge in [0.25, 0.3) is 0 Å². The molecule has 0 radical (unpaired) electrons. The van der Waals surface area contributed by atoms with Gasteiger partial charge in [-0.2, -0.15) is 0 Å². The maximum Gasteiger partial charge on any atom is 0.191 e. The average molecular weight is 506 g/mol. The number of likely N-dealkylation sites (tertiary alicyclic amines) is 1. The molecule has 3 N–H and O–H groups in total. The Hall–Kier alpha value is -0.380. The average Bonchev–Trinajstić information content (AvgIpc) is 3.15. The van der Waals surface area contributed by atoms with Crippen LogP contribution >= 0.6 is 35.3 Å². The van der Waals surface area contributed by atoms with Crippen molar-refractivity contribution in [2.75, 3.05) is 26.2 Å². The third kappa shape index (κ3) is 7.87. The molecular formula is C20H35IN4OS. The zero-order valence-electron chi connectivity index (χ0n) is 16.4. The van der Waals surface area contributed by atoms with E-state index >= 15 is 0 Å². The smallest absolute Gasteiger partial charge is 0.191 e. The summed E-state index contributed by atoms with van der Waals surface area (Å²) in [7, 11) is 0. The molecule has 2 aliphatic rings. The highest BCUT2D eigenvalue weighted by Crippen LogP contribution is 2.21. The zero-order valence-corrected chi connectivity index (χ0v) is 19.5. The van der Waals surface area contributed by atoms with Gasteiger partial charge in [0.15, 0.2) is 5.96 Å². The predicted molar refractivity (Wildman–Crippen MR) is 125 cm³/mol. The van der Waals surface area contributed by atoms with E-state index in [0.717, 1.165) is 57.8 Å². The maximum absolute atomic E-state index is 9.68. The molecule has 1 unspecified atom stereocenters. The van der Waals surface area contributed by atoms with E-state index in [0.29, 0.717) is 12.0 Å². The Balaban J connectivity index is 0.00000261. The molecule has 1 aromatic heterocycles. The number of piperidine rings is 1. The normalized spacial score (nSPS) is 27.0. The largest absolute Gasteiger partial charge is 0.393 e. The number of halogens is 1. The summed E-state index contributed by atoms with van der Waals surface area (Å²) < 4.78 is 0. The fourth-order valence-corrected chi connectivity index (χ4v) is 4.77. The van der Waals surface area contributed by atoms with Crippen LogP contribution in [0.2, 0.25) is 0 Å². The van der Waals surface area contributed by atoms with E-state index in [9.17, 15) is 5.11 Å². The summed E-state index contributed by atoms with van der Waals surface area (Å²) in [4.78, 5) is 8.93. The van der Waals surface area contributed by atoms with Crippen LogP contribution in [0.25, 0.3) is 0 Å². The number of rotatable bonds is 6. The highest BCUT2D eigenvalue weighted by Gasteiger charge is 2.22. The monoisotopic (exact) mass is 506 g/mol. The van der Waals surface area contributed by atoms with Crippen LogP contribution in [0.4, 0.5) is 0 Å². The lowest BCUT2D eigenvalue weighted by Crippen LogP contribution is -2.45. The molecule has 2 heterocycles. The van der Waals surface area contributed by atoms with Crippen LogP contribution in [0.15, 0.2) is 22.5 Å². The Morgan fingerprint density at radius 1 is 1.30 bits per heavy atom. The predicted octanol–water partition coefficient (Wildman–Crippen LogP) is 3.44. The van der Waals surface area contributed by atoms with Gasteiger partial charge in [0.05, 0.1) is 6.10 Å². The number of guanidine groups is 1. The van der Waals surface area contributed by atoms with Gasteiger partial charge in [-0.15, -0.1) is 35.3 Å². The summed E-state index contributed by atoms with van der Waals surface area (Å²) in [5.41, 5.74) is 0. The highest BCUT2D eigenvalue weighted by atomic mass is 127. The summed E-state index contributed by atoms with van der Waals surface area (Å²) >= 11 is 1.86. The lowest BCUT2D eigenvalue weighted by atomic mass is 9.93. The molecular weight excluding hydrogens is 471 g/mol. The molecule has 5 nitrogen and oxygen atoms in total.